The van der Waals surface area contributed by atoms with Gasteiger partial charge < -0.3 is 11.1 Å². The molecule has 0 spiro atoms. The highest BCUT2D eigenvalue weighted by Gasteiger charge is 2.17. The van der Waals surface area contributed by atoms with Crippen LogP contribution in [0.3, 0.4) is 0 Å². The summed E-state index contributed by atoms with van der Waals surface area (Å²) in [7, 11) is 0. The summed E-state index contributed by atoms with van der Waals surface area (Å²) < 4.78 is 0. The Balaban J connectivity index is 1.90. The largest absolute Gasteiger partial charge is 0.384 e. The average Bonchev–Trinajstić information content (AvgIpc) is 2.81. The van der Waals surface area contributed by atoms with Gasteiger partial charge in [-0.15, -0.1) is 0 Å². The quantitative estimate of drug-likeness (QED) is 0.783. The van der Waals surface area contributed by atoms with Crippen LogP contribution in [0.15, 0.2) is 12.3 Å². The zero-order valence-corrected chi connectivity index (χ0v) is 10.4. The summed E-state index contributed by atoms with van der Waals surface area (Å²) in [6.45, 7) is 6.17. The van der Waals surface area contributed by atoms with Gasteiger partial charge in [0.05, 0.1) is 6.54 Å². The van der Waals surface area contributed by atoms with E-state index in [9.17, 15) is 0 Å². The maximum absolute atomic E-state index is 5.66. The Kier molecular flexibility index (Phi) is 4.28. The van der Waals surface area contributed by atoms with Crippen LogP contribution in [0, 0.1) is 0 Å². The predicted octanol–water partition coefficient (Wildman–Crippen LogP) is 0.633. The van der Waals surface area contributed by atoms with Crippen LogP contribution in [0.1, 0.15) is 25.6 Å². The van der Waals surface area contributed by atoms with Crippen LogP contribution < -0.4 is 11.1 Å². The summed E-state index contributed by atoms with van der Waals surface area (Å²) in [5.74, 6) is 1.36. The topological polar surface area (TPSA) is 67.1 Å². The Morgan fingerprint density at radius 2 is 2.47 bits per heavy atom. The van der Waals surface area contributed by atoms with E-state index in [4.69, 9.17) is 5.73 Å². The number of aromatic nitrogens is 2. The normalized spacial score (nSPS) is 20.0. The van der Waals surface area contributed by atoms with Gasteiger partial charge in [-0.05, 0) is 32.0 Å². The molecule has 1 fully saturated rings. The Bertz CT molecular complexity index is 349. The van der Waals surface area contributed by atoms with Crippen molar-refractivity contribution in [3.05, 3.63) is 18.1 Å². The minimum absolute atomic E-state index is 0.546. The summed E-state index contributed by atoms with van der Waals surface area (Å²) >= 11 is 0. The molecule has 0 aromatic carbocycles. The molecular formula is C12H21N5. The Morgan fingerprint density at radius 3 is 3.12 bits per heavy atom. The van der Waals surface area contributed by atoms with Gasteiger partial charge in [-0.1, -0.05) is 6.92 Å². The number of nitrogens with two attached hydrogens (primary N) is 1. The van der Waals surface area contributed by atoms with Crippen LogP contribution in [0.4, 0.5) is 5.82 Å². The van der Waals surface area contributed by atoms with Crippen LogP contribution in [0.5, 0.6) is 0 Å². The number of nitrogens with zero attached hydrogens (tertiary/aromatic N) is 3. The van der Waals surface area contributed by atoms with Crippen LogP contribution in [0.2, 0.25) is 0 Å². The third-order valence-corrected chi connectivity index (χ3v) is 3.18. The number of likely N-dealkylation sites (N-methyl/N-ethyl adjacent to an activating group) is 1. The number of rotatable bonds is 5. The monoisotopic (exact) mass is 235 g/mol. The minimum Gasteiger partial charge on any atom is -0.384 e. The first-order valence-electron chi connectivity index (χ1n) is 6.31. The molecule has 1 aromatic heterocycles. The van der Waals surface area contributed by atoms with Gasteiger partial charge in [-0.25, -0.2) is 9.97 Å². The molecule has 17 heavy (non-hydrogen) atoms. The highest BCUT2D eigenvalue weighted by Crippen LogP contribution is 2.09. The van der Waals surface area contributed by atoms with Crippen LogP contribution >= 0.6 is 0 Å². The van der Waals surface area contributed by atoms with Gasteiger partial charge in [0.2, 0.25) is 0 Å². The van der Waals surface area contributed by atoms with Crippen molar-refractivity contribution in [2.24, 2.45) is 0 Å². The summed E-state index contributed by atoms with van der Waals surface area (Å²) in [6.07, 6.45) is 4.28. The Hall–Kier alpha value is -1.20. The zero-order valence-electron chi connectivity index (χ0n) is 10.4. The summed E-state index contributed by atoms with van der Waals surface area (Å²) in [6, 6.07) is 2.34. The number of anilines is 1. The molecule has 1 aliphatic heterocycles. The van der Waals surface area contributed by atoms with Crippen LogP contribution in [-0.4, -0.2) is 40.5 Å². The second-order valence-corrected chi connectivity index (χ2v) is 4.52. The Morgan fingerprint density at radius 1 is 1.59 bits per heavy atom. The fraction of sp³-hybridized carbons (Fsp3) is 0.667. The lowest BCUT2D eigenvalue weighted by Gasteiger charge is -2.23. The van der Waals surface area contributed by atoms with Gasteiger partial charge in [-0.3, -0.25) is 4.90 Å². The lowest BCUT2D eigenvalue weighted by molar-refractivity contribution is 0.248. The zero-order chi connectivity index (χ0) is 12.1. The first-order chi connectivity index (χ1) is 8.28. The molecule has 2 rings (SSSR count). The van der Waals surface area contributed by atoms with Crippen molar-refractivity contribution >= 4 is 5.82 Å². The molecule has 0 bridgehead atoms. The van der Waals surface area contributed by atoms with Crippen molar-refractivity contribution in [1.29, 1.82) is 0 Å². The molecule has 1 atom stereocenters. The summed E-state index contributed by atoms with van der Waals surface area (Å²) in [5.41, 5.74) is 5.66. The van der Waals surface area contributed by atoms with Gasteiger partial charge in [-0.2, -0.15) is 0 Å². The van der Waals surface area contributed by atoms with Gasteiger partial charge in [0, 0.05) is 18.8 Å². The van der Waals surface area contributed by atoms with E-state index in [1.807, 2.05) is 0 Å². The fourth-order valence-electron chi connectivity index (χ4n) is 2.22. The standard InChI is InChI=1S/C12H21N5/c1-2-17(8-10-4-3-6-14-10)9-12-15-7-5-11(13)16-12/h5,7,10,14H,2-4,6,8-9H2,1H3,(H2,13,15,16). The van der Waals surface area contributed by atoms with E-state index in [0.29, 0.717) is 11.9 Å². The molecule has 0 radical (unpaired) electrons. The molecule has 1 unspecified atom stereocenters. The summed E-state index contributed by atoms with van der Waals surface area (Å²) in [4.78, 5) is 10.8. The van der Waals surface area contributed by atoms with Crippen molar-refractivity contribution in [3.63, 3.8) is 0 Å². The van der Waals surface area contributed by atoms with Crippen LogP contribution in [-0.2, 0) is 6.54 Å². The summed E-state index contributed by atoms with van der Waals surface area (Å²) in [5, 5.41) is 3.51. The molecule has 1 saturated heterocycles. The first-order valence-corrected chi connectivity index (χ1v) is 6.31. The molecule has 2 heterocycles. The highest BCUT2D eigenvalue weighted by molar-refractivity contribution is 5.24. The first kappa shape index (κ1) is 12.3. The molecule has 5 nitrogen and oxygen atoms in total. The SMILES string of the molecule is CCN(Cc1nccc(N)n1)CC1CCCN1. The second-order valence-electron chi connectivity index (χ2n) is 4.52. The maximum Gasteiger partial charge on any atom is 0.144 e. The molecule has 1 aromatic rings. The van der Waals surface area contributed by atoms with Crippen molar-refractivity contribution in [2.45, 2.75) is 32.4 Å². The molecule has 0 amide bonds. The van der Waals surface area contributed by atoms with Crippen molar-refractivity contribution in [1.82, 2.24) is 20.2 Å². The lowest BCUT2D eigenvalue weighted by atomic mass is 10.2. The van der Waals surface area contributed by atoms with Crippen LogP contribution in [0.25, 0.3) is 0 Å². The number of nitrogen functional groups attached to an aromatic ring is 1. The van der Waals surface area contributed by atoms with Gasteiger partial charge in [0.1, 0.15) is 11.6 Å². The lowest BCUT2D eigenvalue weighted by Crippen LogP contribution is -2.37. The van der Waals surface area contributed by atoms with Gasteiger partial charge >= 0.3 is 0 Å². The van der Waals surface area contributed by atoms with E-state index in [0.717, 1.165) is 32.0 Å². The van der Waals surface area contributed by atoms with E-state index in [2.05, 4.69) is 27.1 Å². The van der Waals surface area contributed by atoms with E-state index in [-0.39, 0.29) is 0 Å². The third-order valence-electron chi connectivity index (χ3n) is 3.18. The molecule has 0 saturated carbocycles. The minimum atomic E-state index is 0.546. The van der Waals surface area contributed by atoms with E-state index in [1.54, 1.807) is 12.3 Å². The molecular weight excluding hydrogens is 214 g/mol. The molecule has 94 valence electrons. The van der Waals surface area contributed by atoms with Gasteiger partial charge in [0.25, 0.3) is 0 Å². The average molecular weight is 235 g/mol. The van der Waals surface area contributed by atoms with Crippen molar-refractivity contribution in [2.75, 3.05) is 25.4 Å². The number of hydrogen-bond donors (Lipinski definition) is 2. The molecule has 3 N–H and O–H groups in total. The Labute approximate surface area is 102 Å². The smallest absolute Gasteiger partial charge is 0.144 e. The van der Waals surface area contributed by atoms with E-state index >= 15 is 0 Å². The third kappa shape index (κ3) is 3.64. The molecule has 5 heteroatoms. The molecule has 0 aliphatic carbocycles. The van der Waals surface area contributed by atoms with E-state index in [1.165, 1.54) is 12.8 Å². The van der Waals surface area contributed by atoms with Crippen molar-refractivity contribution < 1.29 is 0 Å². The predicted molar refractivity (Wildman–Crippen MR) is 68.4 cm³/mol. The second kappa shape index (κ2) is 5.93. The number of hydrogen-bond acceptors (Lipinski definition) is 5. The van der Waals surface area contributed by atoms with Gasteiger partial charge in [0.15, 0.2) is 0 Å². The van der Waals surface area contributed by atoms with Crippen molar-refractivity contribution in [3.8, 4) is 0 Å². The fourth-order valence-corrected chi connectivity index (χ4v) is 2.22. The maximum atomic E-state index is 5.66. The van der Waals surface area contributed by atoms with E-state index < -0.39 is 0 Å². The highest BCUT2D eigenvalue weighted by atomic mass is 15.2. The molecule has 1 aliphatic rings. The number of nitrogens with one attached hydrogen (secondary N) is 1.